The van der Waals surface area contributed by atoms with Crippen LogP contribution >= 0.6 is 7.14 Å². The number of nitrogens with zero attached hydrogens (tertiary/aromatic N) is 1. The Morgan fingerprint density at radius 2 is 1.00 bits per heavy atom. The van der Waals surface area contributed by atoms with Crippen molar-refractivity contribution in [1.29, 1.82) is 0 Å². The van der Waals surface area contributed by atoms with E-state index in [4.69, 9.17) is 9.40 Å². The second-order valence-corrected chi connectivity index (χ2v) is 14.6. The fourth-order valence-corrected chi connectivity index (χ4v) is 9.63. The summed E-state index contributed by atoms with van der Waals surface area (Å²) in [6, 6.07) is 57.1. The van der Waals surface area contributed by atoms with Gasteiger partial charge in [0.2, 0.25) is 0 Å². The van der Waals surface area contributed by atoms with E-state index >= 15 is 4.57 Å². The highest BCUT2D eigenvalue weighted by atomic mass is 31.2. The molecule has 4 heteroatoms. The molecule has 0 aliphatic carbocycles. The highest BCUT2D eigenvalue weighted by molar-refractivity contribution is 7.85. The van der Waals surface area contributed by atoms with Crippen LogP contribution in [-0.2, 0) is 4.57 Å². The van der Waals surface area contributed by atoms with Crippen LogP contribution in [0.1, 0.15) is 0 Å². The van der Waals surface area contributed by atoms with Crippen molar-refractivity contribution >= 4 is 66.7 Å². The summed E-state index contributed by atoms with van der Waals surface area (Å²) in [6.07, 6.45) is 0. The Morgan fingerprint density at radius 1 is 0.447 bits per heavy atom. The van der Waals surface area contributed by atoms with E-state index in [2.05, 4.69) is 78.9 Å². The summed E-state index contributed by atoms with van der Waals surface area (Å²) in [6.45, 7) is 0. The number of hydrogen-bond donors (Lipinski definition) is 0. The summed E-state index contributed by atoms with van der Waals surface area (Å²) in [5.41, 5.74) is 6.67. The first kappa shape index (κ1) is 27.5. The number of fused-ring (bicyclic) bond motifs is 6. The Morgan fingerprint density at radius 3 is 1.68 bits per heavy atom. The zero-order valence-corrected chi connectivity index (χ0v) is 26.3. The lowest BCUT2D eigenvalue weighted by Crippen LogP contribution is -2.24. The normalized spacial score (nSPS) is 11.9. The van der Waals surface area contributed by atoms with Crippen LogP contribution in [0.5, 0.6) is 0 Å². The molecular weight excluding hydrogens is 593 g/mol. The first-order chi connectivity index (χ1) is 23.2. The molecule has 0 aliphatic rings. The van der Waals surface area contributed by atoms with Gasteiger partial charge in [-0.25, -0.2) is 4.98 Å². The number of furan rings is 1. The van der Waals surface area contributed by atoms with E-state index in [-0.39, 0.29) is 0 Å². The van der Waals surface area contributed by atoms with Gasteiger partial charge < -0.3 is 8.98 Å². The summed E-state index contributed by atoms with van der Waals surface area (Å²) in [7, 11) is -3.11. The molecule has 0 amide bonds. The van der Waals surface area contributed by atoms with Gasteiger partial charge in [0.1, 0.15) is 11.2 Å². The van der Waals surface area contributed by atoms with Gasteiger partial charge in [-0.3, -0.25) is 0 Å². The first-order valence-electron chi connectivity index (χ1n) is 15.7. The third-order valence-corrected chi connectivity index (χ3v) is 12.2. The molecule has 0 saturated heterocycles. The van der Waals surface area contributed by atoms with Crippen LogP contribution in [0.4, 0.5) is 0 Å². The lowest BCUT2D eigenvalue weighted by Gasteiger charge is -2.20. The van der Waals surface area contributed by atoms with E-state index in [1.165, 1.54) is 0 Å². The van der Waals surface area contributed by atoms with Gasteiger partial charge in [0, 0.05) is 54.0 Å². The molecule has 0 aliphatic heterocycles. The van der Waals surface area contributed by atoms with E-state index in [0.29, 0.717) is 0 Å². The quantitative estimate of drug-likeness (QED) is 0.142. The third kappa shape index (κ3) is 4.35. The second kappa shape index (κ2) is 10.9. The fourth-order valence-electron chi connectivity index (χ4n) is 6.98. The van der Waals surface area contributed by atoms with Crippen LogP contribution in [0, 0.1) is 0 Å². The summed E-state index contributed by atoms with van der Waals surface area (Å²) < 4.78 is 21.6. The van der Waals surface area contributed by atoms with Gasteiger partial charge in [-0.05, 0) is 23.8 Å². The monoisotopic (exact) mass is 621 g/mol. The maximum absolute atomic E-state index is 15.1. The average Bonchev–Trinajstić information content (AvgIpc) is 3.52. The topological polar surface area (TPSA) is 43.1 Å². The molecule has 0 fully saturated rings. The molecule has 0 saturated carbocycles. The van der Waals surface area contributed by atoms with E-state index in [1.807, 2.05) is 91.0 Å². The van der Waals surface area contributed by atoms with Crippen molar-refractivity contribution in [3.63, 3.8) is 0 Å². The van der Waals surface area contributed by atoms with Gasteiger partial charge in [-0.1, -0.05) is 152 Å². The minimum Gasteiger partial charge on any atom is -0.456 e. The van der Waals surface area contributed by atoms with Crippen molar-refractivity contribution in [1.82, 2.24) is 4.98 Å². The van der Waals surface area contributed by atoms with Crippen molar-refractivity contribution in [3.05, 3.63) is 170 Å². The van der Waals surface area contributed by atoms with Crippen molar-refractivity contribution in [2.45, 2.75) is 0 Å². The van der Waals surface area contributed by atoms with Crippen LogP contribution in [0.3, 0.4) is 0 Å². The lowest BCUT2D eigenvalue weighted by atomic mass is 9.89. The highest BCUT2D eigenvalue weighted by Crippen LogP contribution is 2.47. The number of pyridine rings is 1. The van der Waals surface area contributed by atoms with E-state index in [0.717, 1.165) is 81.9 Å². The molecule has 9 aromatic rings. The van der Waals surface area contributed by atoms with Crippen LogP contribution in [0.15, 0.2) is 174 Å². The molecule has 0 bridgehead atoms. The SMILES string of the molecule is O=P(c1ccccc1)(c1ccccc1)c1ccc(-c2nc3ccccc3c3c(-c4ccccc4)c4c(cc23)oc2ccccc24)cc1. The van der Waals surface area contributed by atoms with Crippen molar-refractivity contribution < 1.29 is 8.98 Å². The molecule has 2 heterocycles. The molecule has 0 unspecified atom stereocenters. The summed E-state index contributed by atoms with van der Waals surface area (Å²) in [4.78, 5) is 5.27. The number of benzene rings is 7. The fraction of sp³-hybridized carbons (Fsp3) is 0. The Labute approximate surface area is 272 Å². The summed E-state index contributed by atoms with van der Waals surface area (Å²) >= 11 is 0. The van der Waals surface area contributed by atoms with Crippen molar-refractivity contribution in [3.8, 4) is 22.4 Å². The number of aromatic nitrogens is 1. The van der Waals surface area contributed by atoms with E-state index in [9.17, 15) is 0 Å². The molecule has 0 spiro atoms. The molecule has 9 rings (SSSR count). The first-order valence-corrected chi connectivity index (χ1v) is 17.5. The molecule has 2 aromatic heterocycles. The predicted octanol–water partition coefficient (Wildman–Crippen LogP) is 10.3. The minimum absolute atomic E-state index is 0.786. The standard InChI is InChI=1S/C43H28NO2P/c45-47(31-16-6-2-7-17-31,32-18-8-3-9-19-32)33-26-24-30(25-27-33)43-36-28-39-42(35-21-11-13-23-38(35)46-39)40(29-14-4-1-5-15-29)41(36)34-20-10-12-22-37(34)44-43/h1-28H. The average molecular weight is 622 g/mol. The van der Waals surface area contributed by atoms with Crippen LogP contribution < -0.4 is 15.9 Å². The van der Waals surface area contributed by atoms with E-state index in [1.54, 1.807) is 0 Å². The molecule has 7 aromatic carbocycles. The predicted molar refractivity (Wildman–Crippen MR) is 197 cm³/mol. The smallest absolute Gasteiger partial charge is 0.171 e. The zero-order chi connectivity index (χ0) is 31.4. The van der Waals surface area contributed by atoms with Crippen LogP contribution in [0.2, 0.25) is 0 Å². The number of rotatable bonds is 5. The molecule has 0 N–H and O–H groups in total. The molecule has 3 nitrogen and oxygen atoms in total. The largest absolute Gasteiger partial charge is 0.456 e. The highest BCUT2D eigenvalue weighted by Gasteiger charge is 2.30. The third-order valence-electron chi connectivity index (χ3n) is 9.13. The number of para-hydroxylation sites is 2. The van der Waals surface area contributed by atoms with E-state index < -0.39 is 7.14 Å². The lowest BCUT2D eigenvalue weighted by molar-refractivity contribution is 0.592. The van der Waals surface area contributed by atoms with Gasteiger partial charge in [0.25, 0.3) is 0 Å². The van der Waals surface area contributed by atoms with Gasteiger partial charge in [-0.2, -0.15) is 0 Å². The summed E-state index contributed by atoms with van der Waals surface area (Å²) in [5, 5.41) is 7.84. The maximum Gasteiger partial charge on any atom is 0.171 e. The summed E-state index contributed by atoms with van der Waals surface area (Å²) in [5.74, 6) is 0. The second-order valence-electron chi connectivity index (χ2n) is 11.8. The molecule has 0 atom stereocenters. The Bertz CT molecular complexity index is 2590. The minimum atomic E-state index is -3.11. The van der Waals surface area contributed by atoms with Gasteiger partial charge in [0.05, 0.1) is 11.2 Å². The van der Waals surface area contributed by atoms with Crippen molar-refractivity contribution in [2.24, 2.45) is 0 Å². The Balaban J connectivity index is 1.34. The molecule has 47 heavy (non-hydrogen) atoms. The van der Waals surface area contributed by atoms with Crippen LogP contribution in [-0.4, -0.2) is 4.98 Å². The van der Waals surface area contributed by atoms with Gasteiger partial charge in [-0.15, -0.1) is 0 Å². The number of hydrogen-bond acceptors (Lipinski definition) is 3. The van der Waals surface area contributed by atoms with Crippen molar-refractivity contribution in [2.75, 3.05) is 0 Å². The van der Waals surface area contributed by atoms with Gasteiger partial charge in [0.15, 0.2) is 7.14 Å². The Hall–Kier alpha value is -5.76. The molecule has 222 valence electrons. The van der Waals surface area contributed by atoms with Gasteiger partial charge >= 0.3 is 0 Å². The maximum atomic E-state index is 15.1. The molecule has 0 radical (unpaired) electrons. The molecular formula is C43H28NO2P. The zero-order valence-electron chi connectivity index (χ0n) is 25.4. The Kier molecular flexibility index (Phi) is 6.41. The van der Waals surface area contributed by atoms with Crippen LogP contribution in [0.25, 0.3) is 66.0 Å².